The quantitative estimate of drug-likeness (QED) is 0.881. The zero-order chi connectivity index (χ0) is 14.8. The summed E-state index contributed by atoms with van der Waals surface area (Å²) in [6.45, 7) is 0. The monoisotopic (exact) mass is 305 g/mol. The Kier molecular flexibility index (Phi) is 3.84. The number of nitrogens with zero attached hydrogens (tertiary/aromatic N) is 1. The molecule has 0 fully saturated rings. The lowest BCUT2D eigenvalue weighted by molar-refractivity contribution is -0.137. The van der Waals surface area contributed by atoms with Gasteiger partial charge < -0.3 is 9.84 Å². The Bertz CT molecular complexity index is 614. The summed E-state index contributed by atoms with van der Waals surface area (Å²) >= 11 is 5.73. The van der Waals surface area contributed by atoms with Crippen molar-refractivity contribution >= 4 is 29.1 Å². The van der Waals surface area contributed by atoms with E-state index in [4.69, 9.17) is 11.6 Å². The molecule has 0 aliphatic rings. The first-order valence-corrected chi connectivity index (χ1v) is 5.59. The molecule has 2 aromatic rings. The van der Waals surface area contributed by atoms with Crippen molar-refractivity contribution in [3.8, 4) is 0 Å². The molecule has 0 radical (unpaired) electrons. The molecule has 2 N–H and O–H groups in total. The fourth-order valence-electron chi connectivity index (χ4n) is 1.34. The van der Waals surface area contributed by atoms with Gasteiger partial charge in [0, 0.05) is 6.07 Å². The summed E-state index contributed by atoms with van der Waals surface area (Å²) in [5.41, 5.74) is -1.08. The van der Waals surface area contributed by atoms with Crippen LogP contribution >= 0.6 is 11.6 Å². The Labute approximate surface area is 115 Å². The summed E-state index contributed by atoms with van der Waals surface area (Å²) in [7, 11) is 0. The van der Waals surface area contributed by atoms with Gasteiger partial charge in [0.15, 0.2) is 5.82 Å². The second kappa shape index (κ2) is 5.41. The Hall–Kier alpha value is -2.22. The summed E-state index contributed by atoms with van der Waals surface area (Å²) in [5, 5.41) is 7.86. The number of alkyl halides is 3. The summed E-state index contributed by atoms with van der Waals surface area (Å²) in [6, 6.07) is 3.19. The first-order chi connectivity index (χ1) is 9.36. The number of anilines is 2. The molecule has 0 saturated heterocycles. The van der Waals surface area contributed by atoms with Crippen LogP contribution in [0.2, 0.25) is 5.02 Å². The molecule has 0 saturated carbocycles. The highest BCUT2D eigenvalue weighted by molar-refractivity contribution is 6.33. The number of halogens is 4. The molecule has 0 bridgehead atoms. The Morgan fingerprint density at radius 3 is 2.60 bits per heavy atom. The zero-order valence-corrected chi connectivity index (χ0v) is 10.4. The fourth-order valence-corrected chi connectivity index (χ4v) is 1.51. The fraction of sp³-hybridized carbons (Fsp3) is 0.0909. The molecular formula is C11H7ClF3N3O2. The Balaban J connectivity index is 2.14. The third-order valence-corrected chi connectivity index (χ3v) is 2.55. The van der Waals surface area contributed by atoms with Crippen LogP contribution in [0.3, 0.4) is 0 Å². The number of carbonyl (C=O) groups excluding carboxylic acids is 1. The number of urea groups is 1. The van der Waals surface area contributed by atoms with Gasteiger partial charge in [-0.2, -0.15) is 13.2 Å². The standard InChI is InChI=1S/C11H7ClF3N3O2/c12-7-2-1-6(11(13,14)15)5-8(7)16-10(19)17-9-3-4-20-18-9/h1-5H,(H2,16,17,18,19). The van der Waals surface area contributed by atoms with Crippen molar-refractivity contribution in [2.75, 3.05) is 10.6 Å². The van der Waals surface area contributed by atoms with Gasteiger partial charge in [-0.25, -0.2) is 4.79 Å². The van der Waals surface area contributed by atoms with E-state index in [1.165, 1.54) is 12.3 Å². The van der Waals surface area contributed by atoms with Gasteiger partial charge in [-0.1, -0.05) is 16.8 Å². The van der Waals surface area contributed by atoms with Crippen LogP contribution in [-0.2, 0) is 6.18 Å². The van der Waals surface area contributed by atoms with Gasteiger partial charge in [-0.15, -0.1) is 0 Å². The minimum absolute atomic E-state index is 0.0201. The number of benzene rings is 1. The van der Waals surface area contributed by atoms with Crippen molar-refractivity contribution in [2.24, 2.45) is 0 Å². The van der Waals surface area contributed by atoms with Crippen LogP contribution in [0.25, 0.3) is 0 Å². The number of amides is 2. The number of aromatic nitrogens is 1. The van der Waals surface area contributed by atoms with Crippen molar-refractivity contribution in [1.82, 2.24) is 5.16 Å². The molecule has 20 heavy (non-hydrogen) atoms. The summed E-state index contributed by atoms with van der Waals surface area (Å²) < 4.78 is 42.1. The second-order valence-corrected chi connectivity index (χ2v) is 4.06. The molecule has 2 rings (SSSR count). The first kappa shape index (κ1) is 14.2. The van der Waals surface area contributed by atoms with E-state index in [0.717, 1.165) is 18.2 Å². The lowest BCUT2D eigenvalue weighted by atomic mass is 10.2. The van der Waals surface area contributed by atoms with E-state index in [1.807, 2.05) is 0 Å². The van der Waals surface area contributed by atoms with Crippen LogP contribution in [0.15, 0.2) is 35.1 Å². The van der Waals surface area contributed by atoms with Crippen LogP contribution in [0, 0.1) is 0 Å². The largest absolute Gasteiger partial charge is 0.416 e. The van der Waals surface area contributed by atoms with Crippen molar-refractivity contribution < 1.29 is 22.5 Å². The maximum Gasteiger partial charge on any atom is 0.416 e. The Morgan fingerprint density at radius 1 is 1.25 bits per heavy atom. The first-order valence-electron chi connectivity index (χ1n) is 5.21. The lowest BCUT2D eigenvalue weighted by Crippen LogP contribution is -2.20. The highest BCUT2D eigenvalue weighted by atomic mass is 35.5. The van der Waals surface area contributed by atoms with E-state index < -0.39 is 17.8 Å². The van der Waals surface area contributed by atoms with Crippen LogP contribution in [0.4, 0.5) is 29.5 Å². The predicted octanol–water partition coefficient (Wildman–Crippen LogP) is 3.99. The number of nitrogens with one attached hydrogen (secondary N) is 2. The average molecular weight is 306 g/mol. The summed E-state index contributed by atoms with van der Waals surface area (Å²) in [5.74, 6) is 0.116. The minimum Gasteiger partial charge on any atom is -0.363 e. The summed E-state index contributed by atoms with van der Waals surface area (Å²) in [6.07, 6.45) is -3.30. The molecule has 106 valence electrons. The molecule has 1 heterocycles. The minimum atomic E-state index is -4.52. The average Bonchev–Trinajstić information content (AvgIpc) is 2.83. The highest BCUT2D eigenvalue weighted by Crippen LogP contribution is 2.33. The lowest BCUT2D eigenvalue weighted by Gasteiger charge is -2.11. The molecule has 0 atom stereocenters. The normalized spacial score (nSPS) is 11.2. The molecule has 0 unspecified atom stereocenters. The van der Waals surface area contributed by atoms with E-state index >= 15 is 0 Å². The van der Waals surface area contributed by atoms with Gasteiger partial charge >= 0.3 is 12.2 Å². The molecule has 1 aromatic heterocycles. The van der Waals surface area contributed by atoms with E-state index in [1.54, 1.807) is 0 Å². The molecule has 9 heteroatoms. The number of hydrogen-bond acceptors (Lipinski definition) is 3. The molecular weight excluding hydrogens is 299 g/mol. The topological polar surface area (TPSA) is 67.2 Å². The molecule has 5 nitrogen and oxygen atoms in total. The third kappa shape index (κ3) is 3.41. The predicted molar refractivity (Wildman–Crippen MR) is 65.6 cm³/mol. The summed E-state index contributed by atoms with van der Waals surface area (Å²) in [4.78, 5) is 11.5. The molecule has 0 spiro atoms. The van der Waals surface area contributed by atoms with Gasteiger partial charge in [0.25, 0.3) is 0 Å². The zero-order valence-electron chi connectivity index (χ0n) is 9.66. The SMILES string of the molecule is O=C(Nc1ccon1)Nc1cc(C(F)(F)F)ccc1Cl. The van der Waals surface area contributed by atoms with Crippen molar-refractivity contribution in [3.05, 3.63) is 41.1 Å². The van der Waals surface area contributed by atoms with Crippen LogP contribution in [-0.4, -0.2) is 11.2 Å². The molecule has 0 aliphatic carbocycles. The maximum absolute atomic E-state index is 12.5. The highest BCUT2D eigenvalue weighted by Gasteiger charge is 2.31. The third-order valence-electron chi connectivity index (χ3n) is 2.22. The van der Waals surface area contributed by atoms with Crippen LogP contribution in [0.5, 0.6) is 0 Å². The smallest absolute Gasteiger partial charge is 0.363 e. The van der Waals surface area contributed by atoms with Gasteiger partial charge in [0.1, 0.15) is 6.26 Å². The van der Waals surface area contributed by atoms with E-state index in [-0.39, 0.29) is 16.5 Å². The van der Waals surface area contributed by atoms with Gasteiger partial charge in [-0.05, 0) is 18.2 Å². The number of carbonyl (C=O) groups is 1. The molecule has 2 amide bonds. The number of rotatable bonds is 2. The van der Waals surface area contributed by atoms with Gasteiger partial charge in [0.2, 0.25) is 0 Å². The Morgan fingerprint density at radius 2 is 2.00 bits per heavy atom. The molecule has 1 aromatic carbocycles. The maximum atomic E-state index is 12.5. The second-order valence-electron chi connectivity index (χ2n) is 3.66. The number of hydrogen-bond donors (Lipinski definition) is 2. The van der Waals surface area contributed by atoms with E-state index in [0.29, 0.717) is 0 Å². The van der Waals surface area contributed by atoms with Crippen molar-refractivity contribution in [3.63, 3.8) is 0 Å². The van der Waals surface area contributed by atoms with E-state index in [9.17, 15) is 18.0 Å². The van der Waals surface area contributed by atoms with Gasteiger partial charge in [0.05, 0.1) is 16.3 Å². The van der Waals surface area contributed by atoms with Crippen LogP contribution < -0.4 is 10.6 Å². The van der Waals surface area contributed by atoms with Gasteiger partial charge in [-0.3, -0.25) is 5.32 Å². The van der Waals surface area contributed by atoms with Crippen LogP contribution in [0.1, 0.15) is 5.56 Å². The van der Waals surface area contributed by atoms with Crippen molar-refractivity contribution in [1.29, 1.82) is 0 Å². The molecule has 0 aliphatic heterocycles. The van der Waals surface area contributed by atoms with E-state index in [2.05, 4.69) is 20.3 Å². The van der Waals surface area contributed by atoms with Crippen molar-refractivity contribution in [2.45, 2.75) is 6.18 Å².